The lowest BCUT2D eigenvalue weighted by molar-refractivity contribution is -0.243. The van der Waals surface area contributed by atoms with Crippen molar-refractivity contribution < 1.29 is 32.2 Å². The maximum Gasteiger partial charge on any atom is 0.414 e. The van der Waals surface area contributed by atoms with Crippen LogP contribution >= 0.6 is 0 Å². The summed E-state index contributed by atoms with van der Waals surface area (Å²) in [5.41, 5.74) is 0. The van der Waals surface area contributed by atoms with Crippen LogP contribution in [0.2, 0.25) is 0 Å². The Hall–Kier alpha value is -0.850. The number of aliphatic carboxylic acids is 1. The summed E-state index contributed by atoms with van der Waals surface area (Å²) >= 11 is 0. The highest BCUT2D eigenvalue weighted by atomic mass is 19.4. The Morgan fingerprint density at radius 2 is 1.92 bits per heavy atom. The molecule has 1 N–H and O–H groups in total. The third kappa shape index (κ3) is 3.51. The molecule has 2 atom stereocenters. The molecule has 12 heavy (non-hydrogen) atoms. The maximum absolute atomic E-state index is 12.0. The molecule has 72 valence electrons. The zero-order chi connectivity index (χ0) is 9.94. The first kappa shape index (κ1) is 11.2. The Kier molecular flexibility index (Phi) is 3.44. The minimum Gasteiger partial charge on any atom is -0.477 e. The number of hydrogen-bond acceptors (Lipinski definition) is 2. The Morgan fingerprint density at radius 1 is 1.50 bits per heavy atom. The van der Waals surface area contributed by atoms with Gasteiger partial charge in [-0.05, 0) is 6.92 Å². The Balaban J connectivity index is 4.01. The Bertz CT molecular complexity index is 167. The zero-order valence-corrected chi connectivity index (χ0v) is 5.93. The number of halogens is 4. The summed E-state index contributed by atoms with van der Waals surface area (Å²) in [6.45, 7) is 0.523. The summed E-state index contributed by atoms with van der Waals surface area (Å²) < 4.78 is 50.2. The van der Waals surface area contributed by atoms with Crippen molar-refractivity contribution in [1.82, 2.24) is 0 Å². The highest BCUT2D eigenvalue weighted by Gasteiger charge is 2.39. The molecule has 0 aromatic carbocycles. The van der Waals surface area contributed by atoms with E-state index in [2.05, 4.69) is 4.74 Å². The van der Waals surface area contributed by atoms with Gasteiger partial charge in [-0.1, -0.05) is 0 Å². The second kappa shape index (κ2) is 3.70. The minimum absolute atomic E-state index is 0.523. The molecule has 0 spiro atoms. The van der Waals surface area contributed by atoms with Crippen molar-refractivity contribution in [3.8, 4) is 0 Å². The van der Waals surface area contributed by atoms with E-state index in [1.807, 2.05) is 0 Å². The smallest absolute Gasteiger partial charge is 0.414 e. The fourth-order valence-corrected chi connectivity index (χ4v) is 0.315. The van der Waals surface area contributed by atoms with E-state index in [4.69, 9.17) is 5.11 Å². The van der Waals surface area contributed by atoms with Crippen LogP contribution in [0.25, 0.3) is 0 Å². The molecule has 0 aromatic heterocycles. The molecule has 2 unspecified atom stereocenters. The lowest BCUT2D eigenvalue weighted by Gasteiger charge is -2.16. The van der Waals surface area contributed by atoms with E-state index in [0.29, 0.717) is 6.92 Å². The SMILES string of the molecule is CC(OC(F)C(=O)O)C(F)(F)F. The van der Waals surface area contributed by atoms with Crippen LogP contribution in [0.1, 0.15) is 6.92 Å². The predicted molar refractivity (Wildman–Crippen MR) is 29.1 cm³/mol. The molecule has 0 amide bonds. The van der Waals surface area contributed by atoms with Gasteiger partial charge >= 0.3 is 12.1 Å². The fourth-order valence-electron chi connectivity index (χ4n) is 0.315. The summed E-state index contributed by atoms with van der Waals surface area (Å²) in [5, 5.41) is 7.83. The Morgan fingerprint density at radius 3 is 2.17 bits per heavy atom. The van der Waals surface area contributed by atoms with E-state index in [0.717, 1.165) is 0 Å². The molecule has 0 heterocycles. The zero-order valence-electron chi connectivity index (χ0n) is 5.93. The normalized spacial score (nSPS) is 17.1. The van der Waals surface area contributed by atoms with Crippen LogP contribution in [0, 0.1) is 0 Å². The number of carboxylic acids is 1. The van der Waals surface area contributed by atoms with Crippen LogP contribution in [0.15, 0.2) is 0 Å². The molecule has 0 aliphatic carbocycles. The fraction of sp³-hybridized carbons (Fsp3) is 0.800. The summed E-state index contributed by atoms with van der Waals surface area (Å²) in [5.74, 6) is -2.08. The monoisotopic (exact) mass is 190 g/mol. The number of rotatable bonds is 3. The molecule has 0 saturated carbocycles. The van der Waals surface area contributed by atoms with E-state index in [1.54, 1.807) is 0 Å². The minimum atomic E-state index is -4.75. The number of carboxylic acid groups (broad SMARTS) is 1. The first-order chi connectivity index (χ1) is 5.25. The van der Waals surface area contributed by atoms with Gasteiger partial charge in [0, 0.05) is 0 Å². The largest absolute Gasteiger partial charge is 0.477 e. The average molecular weight is 190 g/mol. The summed E-state index contributed by atoms with van der Waals surface area (Å²) in [4.78, 5) is 9.69. The molecule has 0 rings (SSSR count). The standard InChI is InChI=1S/C5H6F4O3/c1-2(5(7,8)9)12-3(6)4(10)11/h2-3H,1H3,(H,10,11). The lowest BCUT2D eigenvalue weighted by atomic mass is 10.4. The second-order valence-corrected chi connectivity index (χ2v) is 1.97. The quantitative estimate of drug-likeness (QED) is 0.683. The highest BCUT2D eigenvalue weighted by Crippen LogP contribution is 2.23. The van der Waals surface area contributed by atoms with Crippen LogP contribution in [0.5, 0.6) is 0 Å². The van der Waals surface area contributed by atoms with Gasteiger partial charge in [-0.3, -0.25) is 0 Å². The van der Waals surface area contributed by atoms with Crippen LogP contribution in [0.3, 0.4) is 0 Å². The maximum atomic E-state index is 12.0. The van der Waals surface area contributed by atoms with Crippen molar-refractivity contribution in [2.45, 2.75) is 25.6 Å². The molecule has 7 heteroatoms. The van der Waals surface area contributed by atoms with Gasteiger partial charge in [0.25, 0.3) is 6.36 Å². The number of hydrogen-bond donors (Lipinski definition) is 1. The van der Waals surface area contributed by atoms with E-state index < -0.39 is 24.6 Å². The molecular formula is C5H6F4O3. The third-order valence-corrected chi connectivity index (χ3v) is 0.979. The van der Waals surface area contributed by atoms with Crippen molar-refractivity contribution in [2.24, 2.45) is 0 Å². The van der Waals surface area contributed by atoms with Crippen LogP contribution in [-0.2, 0) is 9.53 Å². The average Bonchev–Trinajstić information content (AvgIpc) is 1.85. The van der Waals surface area contributed by atoms with Gasteiger partial charge in [-0.25, -0.2) is 9.18 Å². The van der Waals surface area contributed by atoms with Gasteiger partial charge in [0.2, 0.25) is 0 Å². The van der Waals surface area contributed by atoms with Crippen molar-refractivity contribution in [2.75, 3.05) is 0 Å². The van der Waals surface area contributed by atoms with Gasteiger partial charge in [0.05, 0.1) is 0 Å². The van der Waals surface area contributed by atoms with Gasteiger partial charge in [0.15, 0.2) is 6.10 Å². The van der Waals surface area contributed by atoms with Crippen LogP contribution < -0.4 is 0 Å². The van der Waals surface area contributed by atoms with Gasteiger partial charge in [-0.15, -0.1) is 0 Å². The second-order valence-electron chi connectivity index (χ2n) is 1.97. The highest BCUT2D eigenvalue weighted by molar-refractivity contribution is 5.70. The molecular weight excluding hydrogens is 184 g/mol. The molecule has 0 aliphatic heterocycles. The molecule has 0 saturated heterocycles. The van der Waals surface area contributed by atoms with Crippen molar-refractivity contribution in [3.63, 3.8) is 0 Å². The van der Waals surface area contributed by atoms with Crippen LogP contribution in [-0.4, -0.2) is 29.7 Å². The van der Waals surface area contributed by atoms with Crippen molar-refractivity contribution >= 4 is 5.97 Å². The van der Waals surface area contributed by atoms with Gasteiger partial charge < -0.3 is 9.84 Å². The molecule has 3 nitrogen and oxygen atoms in total. The van der Waals surface area contributed by atoms with E-state index in [-0.39, 0.29) is 0 Å². The van der Waals surface area contributed by atoms with Crippen molar-refractivity contribution in [3.05, 3.63) is 0 Å². The van der Waals surface area contributed by atoms with E-state index in [9.17, 15) is 22.4 Å². The van der Waals surface area contributed by atoms with E-state index >= 15 is 0 Å². The summed E-state index contributed by atoms with van der Waals surface area (Å²) in [7, 11) is 0. The lowest BCUT2D eigenvalue weighted by Crippen LogP contribution is -2.34. The summed E-state index contributed by atoms with van der Waals surface area (Å²) in [6.07, 6.45) is -10.1. The molecule has 0 bridgehead atoms. The Labute approximate surface area is 64.9 Å². The van der Waals surface area contributed by atoms with Gasteiger partial charge in [-0.2, -0.15) is 13.2 Å². The molecule has 0 fully saturated rings. The van der Waals surface area contributed by atoms with Crippen molar-refractivity contribution in [1.29, 1.82) is 0 Å². The number of alkyl halides is 4. The third-order valence-electron chi connectivity index (χ3n) is 0.979. The first-order valence-electron chi connectivity index (χ1n) is 2.84. The number of carbonyl (C=O) groups is 1. The van der Waals surface area contributed by atoms with Gasteiger partial charge in [0.1, 0.15) is 0 Å². The van der Waals surface area contributed by atoms with E-state index in [1.165, 1.54) is 0 Å². The summed E-state index contributed by atoms with van der Waals surface area (Å²) in [6, 6.07) is 0. The number of ether oxygens (including phenoxy) is 1. The first-order valence-corrected chi connectivity index (χ1v) is 2.84. The molecule has 0 aliphatic rings. The molecule has 0 radical (unpaired) electrons. The van der Waals surface area contributed by atoms with Crippen LogP contribution in [0.4, 0.5) is 17.6 Å². The topological polar surface area (TPSA) is 46.5 Å². The predicted octanol–water partition coefficient (Wildman–Crippen LogP) is 1.33. The molecule has 0 aromatic rings.